The molecular weight excluding hydrogens is 310 g/mol. The topological polar surface area (TPSA) is 42.3 Å². The first-order valence-corrected chi connectivity index (χ1v) is 7.78. The van der Waals surface area contributed by atoms with Gasteiger partial charge in [-0.3, -0.25) is 5.41 Å². The average Bonchev–Trinajstić information content (AvgIpc) is 2.87. The molecule has 0 amide bonds. The van der Waals surface area contributed by atoms with Crippen LogP contribution in [0.4, 0.5) is 0 Å². The molecule has 0 aliphatic heterocycles. The summed E-state index contributed by atoms with van der Waals surface area (Å²) in [5.41, 5.74) is 4.74. The van der Waals surface area contributed by atoms with E-state index in [-0.39, 0.29) is 0 Å². The number of fused-ring (bicyclic) bond motifs is 1. The van der Waals surface area contributed by atoms with E-state index in [1.165, 1.54) is 0 Å². The lowest BCUT2D eigenvalue weighted by Crippen LogP contribution is -1.98. The van der Waals surface area contributed by atoms with Gasteiger partial charge in [-0.2, -0.15) is 0 Å². The highest BCUT2D eigenvalue weighted by Gasteiger charge is 2.24. The standard InChI is InChI=1S/C19H18ClNO2/c1-22-17-10-14-9-13(19(21)16(14)11-18(17)23-2)7-6-12-4-3-5-15(20)8-12/h3-5,7-8,10-11,21H,6,9H2,1-2H3/b13-7+,21-19?. The van der Waals surface area contributed by atoms with E-state index in [0.717, 1.165) is 40.1 Å². The second kappa shape index (κ2) is 6.47. The van der Waals surface area contributed by atoms with E-state index in [1.807, 2.05) is 36.4 Å². The second-order valence-corrected chi connectivity index (χ2v) is 5.92. The zero-order chi connectivity index (χ0) is 16.4. The van der Waals surface area contributed by atoms with Crippen LogP contribution >= 0.6 is 11.6 Å². The highest BCUT2D eigenvalue weighted by molar-refractivity contribution is 6.30. The van der Waals surface area contributed by atoms with E-state index in [1.54, 1.807) is 14.2 Å². The van der Waals surface area contributed by atoms with E-state index in [9.17, 15) is 0 Å². The normalized spacial score (nSPS) is 14.9. The van der Waals surface area contributed by atoms with Crippen molar-refractivity contribution in [1.29, 1.82) is 5.41 Å². The molecule has 0 unspecified atom stereocenters. The lowest BCUT2D eigenvalue weighted by molar-refractivity contribution is 0.354. The van der Waals surface area contributed by atoms with Crippen LogP contribution in [0.5, 0.6) is 11.5 Å². The van der Waals surface area contributed by atoms with Crippen LogP contribution in [0.2, 0.25) is 5.02 Å². The predicted octanol–water partition coefficient (Wildman–Crippen LogP) is 4.45. The molecule has 0 atom stereocenters. The van der Waals surface area contributed by atoms with Crippen LogP contribution in [0.1, 0.15) is 16.7 Å². The number of benzene rings is 2. The van der Waals surface area contributed by atoms with Crippen molar-refractivity contribution in [2.45, 2.75) is 12.8 Å². The van der Waals surface area contributed by atoms with Crippen LogP contribution in [-0.4, -0.2) is 19.9 Å². The molecule has 1 N–H and O–H groups in total. The van der Waals surface area contributed by atoms with Gasteiger partial charge in [0, 0.05) is 17.0 Å². The highest BCUT2D eigenvalue weighted by atomic mass is 35.5. The number of rotatable bonds is 4. The summed E-state index contributed by atoms with van der Waals surface area (Å²) >= 11 is 6.02. The number of hydrogen-bond acceptors (Lipinski definition) is 3. The number of halogens is 1. The van der Waals surface area contributed by atoms with Crippen LogP contribution in [-0.2, 0) is 12.8 Å². The van der Waals surface area contributed by atoms with Crippen molar-refractivity contribution in [1.82, 2.24) is 0 Å². The molecule has 3 rings (SSSR count). The summed E-state index contributed by atoms with van der Waals surface area (Å²) in [6.07, 6.45) is 3.61. The molecule has 118 valence electrons. The molecule has 0 saturated carbocycles. The zero-order valence-corrected chi connectivity index (χ0v) is 13.9. The van der Waals surface area contributed by atoms with Gasteiger partial charge >= 0.3 is 0 Å². The lowest BCUT2D eigenvalue weighted by Gasteiger charge is -2.09. The number of nitrogens with one attached hydrogen (secondary N) is 1. The van der Waals surface area contributed by atoms with Gasteiger partial charge in [0.15, 0.2) is 11.5 Å². The Balaban J connectivity index is 1.87. The maximum atomic E-state index is 8.40. The second-order valence-electron chi connectivity index (χ2n) is 5.48. The van der Waals surface area contributed by atoms with Gasteiger partial charge in [-0.1, -0.05) is 29.8 Å². The molecule has 0 heterocycles. The Hall–Kier alpha value is -2.26. The van der Waals surface area contributed by atoms with Gasteiger partial charge < -0.3 is 9.47 Å². The molecule has 1 aliphatic carbocycles. The van der Waals surface area contributed by atoms with Crippen molar-refractivity contribution < 1.29 is 9.47 Å². The minimum Gasteiger partial charge on any atom is -0.493 e. The summed E-state index contributed by atoms with van der Waals surface area (Å²) in [6, 6.07) is 11.7. The quantitative estimate of drug-likeness (QED) is 0.901. The van der Waals surface area contributed by atoms with Gasteiger partial charge in [0.05, 0.1) is 19.9 Å². The molecule has 0 spiro atoms. The first-order valence-electron chi connectivity index (χ1n) is 7.40. The monoisotopic (exact) mass is 327 g/mol. The summed E-state index contributed by atoms with van der Waals surface area (Å²) in [7, 11) is 3.24. The van der Waals surface area contributed by atoms with Gasteiger partial charge in [0.25, 0.3) is 0 Å². The Morgan fingerprint density at radius 2 is 1.87 bits per heavy atom. The van der Waals surface area contributed by atoms with E-state index in [2.05, 4.69) is 6.08 Å². The van der Waals surface area contributed by atoms with Crippen LogP contribution in [0.25, 0.3) is 0 Å². The van der Waals surface area contributed by atoms with Crippen molar-refractivity contribution in [2.24, 2.45) is 0 Å². The molecule has 1 aliphatic rings. The fourth-order valence-corrected chi connectivity index (χ4v) is 3.06. The minimum absolute atomic E-state index is 0.558. The molecule has 2 aromatic rings. The fraction of sp³-hybridized carbons (Fsp3) is 0.211. The van der Waals surface area contributed by atoms with E-state index in [4.69, 9.17) is 26.5 Å². The summed E-state index contributed by atoms with van der Waals surface area (Å²) in [4.78, 5) is 0. The molecule has 0 saturated heterocycles. The minimum atomic E-state index is 0.558. The first kappa shape index (κ1) is 15.6. The molecule has 2 aromatic carbocycles. The molecule has 0 fully saturated rings. The Bertz CT molecular complexity index is 796. The zero-order valence-electron chi connectivity index (χ0n) is 13.2. The van der Waals surface area contributed by atoms with E-state index >= 15 is 0 Å². The lowest BCUT2D eigenvalue weighted by atomic mass is 10.1. The summed E-state index contributed by atoms with van der Waals surface area (Å²) < 4.78 is 10.7. The van der Waals surface area contributed by atoms with Crippen molar-refractivity contribution in [3.05, 3.63) is 69.8 Å². The van der Waals surface area contributed by atoms with Crippen LogP contribution in [0, 0.1) is 5.41 Å². The molecule has 4 heteroatoms. The smallest absolute Gasteiger partial charge is 0.161 e. The summed E-state index contributed by atoms with van der Waals surface area (Å²) in [6.45, 7) is 0. The molecule has 0 bridgehead atoms. The summed E-state index contributed by atoms with van der Waals surface area (Å²) in [5, 5.41) is 9.14. The molecule has 0 radical (unpaired) electrons. The fourth-order valence-electron chi connectivity index (χ4n) is 2.85. The Morgan fingerprint density at radius 1 is 1.13 bits per heavy atom. The summed E-state index contributed by atoms with van der Waals surface area (Å²) in [5.74, 6) is 1.36. The molecule has 0 aromatic heterocycles. The van der Waals surface area contributed by atoms with E-state index in [0.29, 0.717) is 17.2 Å². The van der Waals surface area contributed by atoms with Crippen LogP contribution < -0.4 is 9.47 Å². The third kappa shape index (κ3) is 3.10. The Labute approximate surface area is 141 Å². The van der Waals surface area contributed by atoms with Gasteiger partial charge in [-0.25, -0.2) is 0 Å². The SMILES string of the molecule is COc1cc2c(cc1OC)C(=N)/C(=C/Cc1cccc(Cl)c1)C2. The van der Waals surface area contributed by atoms with Gasteiger partial charge in [0.1, 0.15) is 0 Å². The number of ether oxygens (including phenoxy) is 2. The van der Waals surface area contributed by atoms with Crippen molar-refractivity contribution in [3.63, 3.8) is 0 Å². The largest absolute Gasteiger partial charge is 0.493 e. The van der Waals surface area contributed by atoms with Crippen molar-refractivity contribution >= 4 is 17.3 Å². The first-order chi connectivity index (χ1) is 11.1. The average molecular weight is 328 g/mol. The number of allylic oxidation sites excluding steroid dienone is 2. The number of hydrogen-bond donors (Lipinski definition) is 1. The van der Waals surface area contributed by atoms with Gasteiger partial charge in [0.2, 0.25) is 0 Å². The maximum absolute atomic E-state index is 8.40. The van der Waals surface area contributed by atoms with E-state index < -0.39 is 0 Å². The third-order valence-corrected chi connectivity index (χ3v) is 4.29. The predicted molar refractivity (Wildman–Crippen MR) is 93.3 cm³/mol. The van der Waals surface area contributed by atoms with Crippen LogP contribution in [0.3, 0.4) is 0 Å². The number of methoxy groups -OCH3 is 2. The molecule has 3 nitrogen and oxygen atoms in total. The maximum Gasteiger partial charge on any atom is 0.161 e. The molecular formula is C19H18ClNO2. The van der Waals surface area contributed by atoms with Crippen LogP contribution in [0.15, 0.2) is 48.0 Å². The third-order valence-electron chi connectivity index (χ3n) is 4.05. The van der Waals surface area contributed by atoms with Gasteiger partial charge in [-0.15, -0.1) is 0 Å². The Morgan fingerprint density at radius 3 is 2.57 bits per heavy atom. The van der Waals surface area contributed by atoms with Crippen molar-refractivity contribution in [2.75, 3.05) is 14.2 Å². The Kier molecular flexibility index (Phi) is 4.39. The van der Waals surface area contributed by atoms with Gasteiger partial charge in [-0.05, 0) is 47.4 Å². The highest BCUT2D eigenvalue weighted by Crippen LogP contribution is 2.36. The molecule has 23 heavy (non-hydrogen) atoms. The van der Waals surface area contributed by atoms with Crippen molar-refractivity contribution in [3.8, 4) is 11.5 Å².